The first-order valence-electron chi connectivity index (χ1n) is 3.06. The molecule has 0 aromatic carbocycles. The summed E-state index contributed by atoms with van der Waals surface area (Å²) in [6, 6.07) is 0. The van der Waals surface area contributed by atoms with E-state index >= 15 is 0 Å². The lowest BCUT2D eigenvalue weighted by Crippen LogP contribution is -2.58. The fraction of sp³-hybridized carbons (Fsp3) is 0.500. The van der Waals surface area contributed by atoms with Gasteiger partial charge in [-0.25, -0.2) is 4.79 Å². The molecule has 0 aliphatic heterocycles. The van der Waals surface area contributed by atoms with Crippen molar-refractivity contribution in [2.75, 3.05) is 6.54 Å². The second-order valence-electron chi connectivity index (χ2n) is 2.33. The van der Waals surface area contributed by atoms with E-state index in [-0.39, 0.29) is 24.5 Å². The highest BCUT2D eigenvalue weighted by Gasteiger charge is 2.21. The molecule has 0 spiro atoms. The van der Waals surface area contributed by atoms with E-state index < -0.39 is 11.8 Å². The van der Waals surface area contributed by atoms with Crippen LogP contribution in [0.2, 0.25) is 0 Å². The normalized spacial score (nSPS) is 10.0. The van der Waals surface area contributed by atoms with Gasteiger partial charge in [-0.3, -0.25) is 11.5 Å². The van der Waals surface area contributed by atoms with Crippen molar-refractivity contribution in [2.24, 2.45) is 17.2 Å². The topological polar surface area (TPSA) is 104 Å². The van der Waals surface area contributed by atoms with Crippen LogP contribution in [0.5, 0.6) is 0 Å². The van der Waals surface area contributed by atoms with Crippen LogP contribution >= 0.6 is 12.4 Å². The number of halogens is 1. The molecule has 0 aliphatic rings. The molecule has 0 rings (SSSR count). The Hall–Kier alpha value is -0.620. The maximum Gasteiger partial charge on any atom is 0.335 e. The Balaban J connectivity index is 0. The quantitative estimate of drug-likeness (QED) is 0.306. The second-order valence-corrected chi connectivity index (χ2v) is 2.33. The van der Waals surface area contributed by atoms with E-state index in [1.54, 1.807) is 0 Å². The monoisotopic (exact) mass is 195 g/mol. The summed E-state index contributed by atoms with van der Waals surface area (Å²) in [4.78, 5) is 10.8. The molecule has 6 N–H and O–H groups in total. The molecule has 0 aliphatic carbocycles. The molecule has 0 atom stereocenters. The predicted molar refractivity (Wildman–Crippen MR) is 48.3 cm³/mol. The summed E-state index contributed by atoms with van der Waals surface area (Å²) in [7, 11) is 0. The van der Waals surface area contributed by atoms with Crippen molar-refractivity contribution in [3.8, 4) is 0 Å². The lowest BCUT2D eigenvalue weighted by Gasteiger charge is -2.22. The Morgan fingerprint density at radius 2 is 2.00 bits per heavy atom. The largest absolute Gasteiger partial charge is 0.426 e. The number of carbonyl (C=O) groups excluding carboxylic acids is 1. The van der Waals surface area contributed by atoms with Gasteiger partial charge in [-0.2, -0.15) is 0 Å². The molecule has 5 nitrogen and oxygen atoms in total. The number of ether oxygens (including phenoxy) is 1. The van der Waals surface area contributed by atoms with Crippen molar-refractivity contribution in [3.05, 3.63) is 12.2 Å². The average Bonchev–Trinajstić information content (AvgIpc) is 1.87. The Bertz CT molecular complexity index is 182. The molecule has 0 aromatic heterocycles. The molecule has 72 valence electrons. The van der Waals surface area contributed by atoms with Crippen LogP contribution in [0.3, 0.4) is 0 Å². The summed E-state index contributed by atoms with van der Waals surface area (Å²) in [5.41, 5.74) is 15.8. The number of hydrogen-bond donors (Lipinski definition) is 3. The minimum Gasteiger partial charge on any atom is -0.426 e. The average molecular weight is 196 g/mol. The van der Waals surface area contributed by atoms with Crippen LogP contribution in [-0.4, -0.2) is 18.4 Å². The first-order valence-corrected chi connectivity index (χ1v) is 3.06. The molecule has 0 radical (unpaired) electrons. The molecule has 0 fully saturated rings. The smallest absolute Gasteiger partial charge is 0.335 e. The molecule has 0 heterocycles. The summed E-state index contributed by atoms with van der Waals surface area (Å²) in [6.07, 6.45) is 0. The fourth-order valence-electron chi connectivity index (χ4n) is 0.301. The third-order valence-corrected chi connectivity index (χ3v) is 0.950. The predicted octanol–water partition coefficient (Wildman–Crippen LogP) is -0.943. The van der Waals surface area contributed by atoms with E-state index in [2.05, 4.69) is 11.3 Å². The van der Waals surface area contributed by atoms with Gasteiger partial charge < -0.3 is 10.5 Å². The Morgan fingerprint density at radius 1 is 1.58 bits per heavy atom. The lowest BCUT2D eigenvalue weighted by molar-refractivity contribution is -0.152. The van der Waals surface area contributed by atoms with Crippen LogP contribution in [0.15, 0.2) is 12.2 Å². The van der Waals surface area contributed by atoms with Gasteiger partial charge in [0.15, 0.2) is 0 Å². The zero-order valence-corrected chi connectivity index (χ0v) is 7.69. The number of esters is 1. The molecule has 0 saturated carbocycles. The van der Waals surface area contributed by atoms with E-state index in [0.29, 0.717) is 0 Å². The highest BCUT2D eigenvalue weighted by atomic mass is 35.5. The van der Waals surface area contributed by atoms with Crippen LogP contribution < -0.4 is 17.2 Å². The molecule has 6 heteroatoms. The third kappa shape index (κ3) is 5.09. The van der Waals surface area contributed by atoms with Gasteiger partial charge in [-0.05, 0) is 6.92 Å². The molecule has 0 bridgehead atoms. The number of hydrogen-bond acceptors (Lipinski definition) is 5. The SMILES string of the molecule is C=C(C)C(=O)OC(N)(N)CN.Cl. The maximum absolute atomic E-state index is 10.8. The molecule has 0 unspecified atom stereocenters. The molecular formula is C6H14ClN3O2. The Morgan fingerprint density at radius 3 is 2.25 bits per heavy atom. The number of rotatable bonds is 3. The molecule has 0 saturated heterocycles. The van der Waals surface area contributed by atoms with Gasteiger partial charge >= 0.3 is 5.97 Å². The zero-order chi connectivity index (χ0) is 9.07. The van der Waals surface area contributed by atoms with Crippen molar-refractivity contribution in [1.82, 2.24) is 0 Å². The van der Waals surface area contributed by atoms with Crippen LogP contribution in [0.25, 0.3) is 0 Å². The van der Waals surface area contributed by atoms with Crippen LogP contribution in [0, 0.1) is 0 Å². The van der Waals surface area contributed by atoms with Crippen LogP contribution in [-0.2, 0) is 9.53 Å². The van der Waals surface area contributed by atoms with Crippen LogP contribution in [0.4, 0.5) is 0 Å². The van der Waals surface area contributed by atoms with Crippen LogP contribution in [0.1, 0.15) is 6.92 Å². The van der Waals surface area contributed by atoms with Crippen molar-refractivity contribution in [3.63, 3.8) is 0 Å². The highest BCUT2D eigenvalue weighted by molar-refractivity contribution is 5.87. The van der Waals surface area contributed by atoms with Crippen molar-refractivity contribution >= 4 is 18.4 Å². The van der Waals surface area contributed by atoms with Gasteiger partial charge in [-0.1, -0.05) is 6.58 Å². The molecule has 12 heavy (non-hydrogen) atoms. The zero-order valence-electron chi connectivity index (χ0n) is 6.87. The lowest BCUT2D eigenvalue weighted by atomic mass is 10.3. The highest BCUT2D eigenvalue weighted by Crippen LogP contribution is 1.97. The third-order valence-electron chi connectivity index (χ3n) is 0.950. The van der Waals surface area contributed by atoms with E-state index in [1.165, 1.54) is 6.92 Å². The minimum atomic E-state index is -1.59. The van der Waals surface area contributed by atoms with Gasteiger partial charge in [0.05, 0.1) is 6.54 Å². The molecule has 0 aromatic rings. The van der Waals surface area contributed by atoms with E-state index in [0.717, 1.165) is 0 Å². The fourth-order valence-corrected chi connectivity index (χ4v) is 0.301. The minimum absolute atomic E-state index is 0. The summed E-state index contributed by atoms with van der Waals surface area (Å²) < 4.78 is 4.54. The maximum atomic E-state index is 10.8. The van der Waals surface area contributed by atoms with Gasteiger partial charge in [-0.15, -0.1) is 12.4 Å². The first kappa shape index (κ1) is 13.9. The van der Waals surface area contributed by atoms with E-state index in [4.69, 9.17) is 17.2 Å². The first-order chi connectivity index (χ1) is 4.89. The van der Waals surface area contributed by atoms with Gasteiger partial charge in [0.25, 0.3) is 0 Å². The van der Waals surface area contributed by atoms with Crippen molar-refractivity contribution < 1.29 is 9.53 Å². The van der Waals surface area contributed by atoms with Crippen molar-refractivity contribution in [1.29, 1.82) is 0 Å². The van der Waals surface area contributed by atoms with Gasteiger partial charge in [0, 0.05) is 5.57 Å². The molecular weight excluding hydrogens is 182 g/mol. The Kier molecular flexibility index (Phi) is 5.92. The van der Waals surface area contributed by atoms with Crippen molar-refractivity contribution in [2.45, 2.75) is 12.8 Å². The summed E-state index contributed by atoms with van der Waals surface area (Å²) in [6.45, 7) is 4.71. The van der Waals surface area contributed by atoms with E-state index in [1.807, 2.05) is 0 Å². The number of nitrogens with two attached hydrogens (primary N) is 3. The van der Waals surface area contributed by atoms with E-state index in [9.17, 15) is 4.79 Å². The molecule has 0 amide bonds. The standard InChI is InChI=1S/C6H13N3O2.ClH/c1-4(2)5(10)11-6(8,9)3-7;/h1,3,7-9H2,2H3;1H. The summed E-state index contributed by atoms with van der Waals surface area (Å²) in [5, 5.41) is 0. The van der Waals surface area contributed by atoms with Gasteiger partial charge in [0.2, 0.25) is 5.85 Å². The van der Waals surface area contributed by atoms with Gasteiger partial charge in [0.1, 0.15) is 0 Å². The summed E-state index contributed by atoms with van der Waals surface area (Å²) >= 11 is 0. The second kappa shape index (κ2) is 5.10. The summed E-state index contributed by atoms with van der Waals surface area (Å²) in [5.74, 6) is -2.23. The Labute approximate surface area is 77.3 Å². The number of carbonyl (C=O) groups is 1.